The zero-order valence-corrected chi connectivity index (χ0v) is 17.3. The van der Waals surface area contributed by atoms with Crippen LogP contribution in [0.4, 0.5) is 4.79 Å². The summed E-state index contributed by atoms with van der Waals surface area (Å²) in [5.74, 6) is 0.155. The van der Waals surface area contributed by atoms with Crippen molar-refractivity contribution >= 4 is 29.2 Å². The molecular formula is C19H29N3O4S. The Labute approximate surface area is 164 Å². The molecule has 1 fully saturated rings. The van der Waals surface area contributed by atoms with E-state index < -0.39 is 11.7 Å². The molecule has 1 aromatic heterocycles. The Balaban J connectivity index is 1.71. The maximum absolute atomic E-state index is 12.5. The van der Waals surface area contributed by atoms with Crippen molar-refractivity contribution in [3.8, 4) is 0 Å². The van der Waals surface area contributed by atoms with Crippen LogP contribution in [0.2, 0.25) is 0 Å². The highest BCUT2D eigenvalue weighted by molar-refractivity contribution is 7.12. The van der Waals surface area contributed by atoms with E-state index in [0.717, 1.165) is 12.8 Å². The number of carbonyl (C=O) groups is 3. The van der Waals surface area contributed by atoms with E-state index in [1.54, 1.807) is 18.0 Å². The average molecular weight is 396 g/mol. The molecule has 0 aromatic carbocycles. The Morgan fingerprint density at radius 2 is 1.96 bits per heavy atom. The number of hydrogen-bond donors (Lipinski definition) is 1. The van der Waals surface area contributed by atoms with E-state index in [-0.39, 0.29) is 18.4 Å². The van der Waals surface area contributed by atoms with E-state index >= 15 is 0 Å². The van der Waals surface area contributed by atoms with Gasteiger partial charge in [0.2, 0.25) is 5.91 Å². The van der Waals surface area contributed by atoms with Crippen LogP contribution in [-0.2, 0) is 9.53 Å². The molecule has 150 valence electrons. The fourth-order valence-electron chi connectivity index (χ4n) is 2.89. The standard InChI is InChI=1S/C19H29N3O4S/c1-19(2,3)26-18(25)20-12-14-7-9-22(10-8-14)16(23)13-21(4)17(24)15-6-5-11-27-15/h5-6,11,14H,7-10,12-13H2,1-4H3,(H,20,25). The molecule has 0 unspecified atom stereocenters. The van der Waals surface area contributed by atoms with Crippen molar-refractivity contribution < 1.29 is 19.1 Å². The maximum Gasteiger partial charge on any atom is 0.407 e. The highest BCUT2D eigenvalue weighted by Crippen LogP contribution is 2.17. The first-order valence-electron chi connectivity index (χ1n) is 9.19. The molecule has 1 saturated heterocycles. The molecule has 1 N–H and O–H groups in total. The number of ether oxygens (including phenoxy) is 1. The lowest BCUT2D eigenvalue weighted by atomic mass is 9.97. The molecule has 0 radical (unpaired) electrons. The van der Waals surface area contributed by atoms with Gasteiger partial charge in [-0.15, -0.1) is 11.3 Å². The largest absolute Gasteiger partial charge is 0.444 e. The summed E-state index contributed by atoms with van der Waals surface area (Å²) in [6, 6.07) is 3.58. The third kappa shape index (κ3) is 6.86. The third-order valence-electron chi connectivity index (χ3n) is 4.35. The molecule has 7 nitrogen and oxygen atoms in total. The molecule has 0 saturated carbocycles. The molecule has 27 heavy (non-hydrogen) atoms. The van der Waals surface area contributed by atoms with Crippen molar-refractivity contribution in [2.75, 3.05) is 33.2 Å². The van der Waals surface area contributed by atoms with Crippen LogP contribution >= 0.6 is 11.3 Å². The second-order valence-corrected chi connectivity index (χ2v) is 8.79. The predicted octanol–water partition coefficient (Wildman–Crippen LogP) is 2.58. The summed E-state index contributed by atoms with van der Waals surface area (Å²) in [4.78, 5) is 40.3. The summed E-state index contributed by atoms with van der Waals surface area (Å²) >= 11 is 1.37. The van der Waals surface area contributed by atoms with Crippen molar-refractivity contribution in [2.24, 2.45) is 5.92 Å². The van der Waals surface area contributed by atoms with Crippen LogP contribution in [0.5, 0.6) is 0 Å². The average Bonchev–Trinajstić information content (AvgIpc) is 3.12. The molecule has 8 heteroatoms. The van der Waals surface area contributed by atoms with Gasteiger partial charge in [-0.25, -0.2) is 4.79 Å². The van der Waals surface area contributed by atoms with E-state index in [2.05, 4.69) is 5.32 Å². The van der Waals surface area contributed by atoms with Crippen molar-refractivity contribution in [3.63, 3.8) is 0 Å². The molecule has 3 amide bonds. The van der Waals surface area contributed by atoms with Gasteiger partial charge < -0.3 is 19.9 Å². The number of carbonyl (C=O) groups excluding carboxylic acids is 3. The van der Waals surface area contributed by atoms with Crippen LogP contribution in [0.3, 0.4) is 0 Å². The summed E-state index contributed by atoms with van der Waals surface area (Å²) in [5, 5.41) is 4.65. The predicted molar refractivity (Wildman–Crippen MR) is 105 cm³/mol. The Bertz CT molecular complexity index is 646. The normalized spacial score (nSPS) is 15.3. The summed E-state index contributed by atoms with van der Waals surface area (Å²) in [6.45, 7) is 7.40. The van der Waals surface area contributed by atoms with Crippen LogP contribution in [0.15, 0.2) is 17.5 Å². The molecule has 0 spiro atoms. The minimum absolute atomic E-state index is 0.0408. The van der Waals surface area contributed by atoms with Crippen molar-refractivity contribution in [2.45, 2.75) is 39.2 Å². The van der Waals surface area contributed by atoms with Gasteiger partial charge in [0.15, 0.2) is 0 Å². The third-order valence-corrected chi connectivity index (χ3v) is 5.21. The first-order valence-corrected chi connectivity index (χ1v) is 10.1. The van der Waals surface area contributed by atoms with Crippen molar-refractivity contribution in [3.05, 3.63) is 22.4 Å². The molecule has 1 aliphatic heterocycles. The fraction of sp³-hybridized carbons (Fsp3) is 0.632. The number of likely N-dealkylation sites (tertiary alicyclic amines) is 1. The molecule has 1 aromatic rings. The first kappa shape index (κ1) is 21.2. The molecular weight excluding hydrogens is 366 g/mol. The van der Waals surface area contributed by atoms with E-state index in [1.165, 1.54) is 16.2 Å². The molecule has 2 heterocycles. The Morgan fingerprint density at radius 1 is 1.30 bits per heavy atom. The number of amides is 3. The number of rotatable bonds is 5. The number of alkyl carbamates (subject to hydrolysis) is 1. The minimum Gasteiger partial charge on any atom is -0.444 e. The summed E-state index contributed by atoms with van der Waals surface area (Å²) in [6.07, 6.45) is 1.24. The number of nitrogens with one attached hydrogen (secondary N) is 1. The number of hydrogen-bond acceptors (Lipinski definition) is 5. The maximum atomic E-state index is 12.5. The summed E-state index contributed by atoms with van der Waals surface area (Å²) in [7, 11) is 1.65. The number of likely N-dealkylation sites (N-methyl/N-ethyl adjacent to an activating group) is 1. The fourth-order valence-corrected chi connectivity index (χ4v) is 3.61. The van der Waals surface area contributed by atoms with Crippen LogP contribution < -0.4 is 5.32 Å². The Morgan fingerprint density at radius 3 is 2.52 bits per heavy atom. The molecule has 1 aliphatic rings. The van der Waals surface area contributed by atoms with E-state index in [4.69, 9.17) is 4.74 Å². The summed E-state index contributed by atoms with van der Waals surface area (Å²) < 4.78 is 5.23. The lowest BCUT2D eigenvalue weighted by molar-refractivity contribution is -0.133. The van der Waals surface area contributed by atoms with Gasteiger partial charge in [0, 0.05) is 26.7 Å². The molecule has 2 rings (SSSR count). The zero-order chi connectivity index (χ0) is 20.0. The molecule has 0 aliphatic carbocycles. The number of piperidine rings is 1. The van der Waals surface area contributed by atoms with Gasteiger partial charge in [0.25, 0.3) is 5.91 Å². The van der Waals surface area contributed by atoms with Crippen LogP contribution in [-0.4, -0.2) is 66.5 Å². The van der Waals surface area contributed by atoms with Gasteiger partial charge in [0.1, 0.15) is 5.60 Å². The number of thiophene rings is 1. The van der Waals surface area contributed by atoms with Gasteiger partial charge in [-0.1, -0.05) is 6.07 Å². The highest BCUT2D eigenvalue weighted by atomic mass is 32.1. The summed E-state index contributed by atoms with van der Waals surface area (Å²) in [5.41, 5.74) is -0.507. The lowest BCUT2D eigenvalue weighted by Gasteiger charge is -2.33. The smallest absolute Gasteiger partial charge is 0.407 e. The number of nitrogens with zero attached hydrogens (tertiary/aromatic N) is 2. The van der Waals surface area contributed by atoms with E-state index in [0.29, 0.717) is 30.4 Å². The Hall–Kier alpha value is -2.09. The Kier molecular flexibility index (Phi) is 7.24. The second kappa shape index (κ2) is 9.21. The van der Waals surface area contributed by atoms with Gasteiger partial charge in [-0.05, 0) is 51.0 Å². The second-order valence-electron chi connectivity index (χ2n) is 7.85. The first-order chi connectivity index (χ1) is 12.7. The molecule has 0 bridgehead atoms. The van der Waals surface area contributed by atoms with Gasteiger partial charge in [-0.2, -0.15) is 0 Å². The van der Waals surface area contributed by atoms with Crippen molar-refractivity contribution in [1.82, 2.24) is 15.1 Å². The van der Waals surface area contributed by atoms with Gasteiger partial charge in [-0.3, -0.25) is 9.59 Å². The van der Waals surface area contributed by atoms with E-state index in [1.807, 2.05) is 32.2 Å². The topological polar surface area (TPSA) is 79.0 Å². The highest BCUT2D eigenvalue weighted by Gasteiger charge is 2.25. The van der Waals surface area contributed by atoms with E-state index in [9.17, 15) is 14.4 Å². The van der Waals surface area contributed by atoms with Crippen molar-refractivity contribution in [1.29, 1.82) is 0 Å². The molecule has 0 atom stereocenters. The van der Waals surface area contributed by atoms with Crippen LogP contribution in [0, 0.1) is 5.92 Å². The minimum atomic E-state index is -0.507. The van der Waals surface area contributed by atoms with Crippen LogP contribution in [0.1, 0.15) is 43.3 Å². The van der Waals surface area contributed by atoms with Gasteiger partial charge in [0.05, 0.1) is 11.4 Å². The lowest BCUT2D eigenvalue weighted by Crippen LogP contribution is -2.46. The zero-order valence-electron chi connectivity index (χ0n) is 16.5. The SMILES string of the molecule is CN(CC(=O)N1CCC(CNC(=O)OC(C)(C)C)CC1)C(=O)c1cccs1. The van der Waals surface area contributed by atoms with Crippen LogP contribution in [0.25, 0.3) is 0 Å². The quantitative estimate of drug-likeness (QED) is 0.831. The monoisotopic (exact) mass is 395 g/mol. The van der Waals surface area contributed by atoms with Gasteiger partial charge >= 0.3 is 6.09 Å².